The number of nitrogens with zero attached hydrogens (tertiary/aromatic N) is 1. The van der Waals surface area contributed by atoms with E-state index in [1.807, 2.05) is 16.3 Å². The molecule has 1 atom stereocenters. The zero-order valence-electron chi connectivity index (χ0n) is 10.7. The normalized spacial score (nSPS) is 18.5. The van der Waals surface area contributed by atoms with Gasteiger partial charge in [-0.2, -0.15) is 0 Å². The molecule has 1 aromatic heterocycles. The summed E-state index contributed by atoms with van der Waals surface area (Å²) in [6.07, 6.45) is 2.02. The van der Waals surface area contributed by atoms with E-state index in [0.29, 0.717) is 15.6 Å². The Hall–Kier alpha value is -1.03. The molecule has 1 aliphatic rings. The minimum absolute atomic E-state index is 0.0339. The van der Waals surface area contributed by atoms with Crippen molar-refractivity contribution in [1.82, 2.24) is 4.90 Å². The molecular formula is C15H13Cl2NOS. The molecule has 0 aliphatic carbocycles. The summed E-state index contributed by atoms with van der Waals surface area (Å²) in [6.45, 7) is 0.768. The van der Waals surface area contributed by atoms with E-state index in [1.165, 1.54) is 4.88 Å². The average Bonchev–Trinajstić information content (AvgIpc) is 3.10. The molecule has 2 aromatic rings. The number of hydrogen-bond acceptors (Lipinski definition) is 2. The molecule has 0 radical (unpaired) electrons. The Kier molecular flexibility index (Phi) is 4.01. The van der Waals surface area contributed by atoms with E-state index in [4.69, 9.17) is 23.2 Å². The fourth-order valence-corrected chi connectivity index (χ4v) is 3.87. The molecule has 0 bridgehead atoms. The Balaban J connectivity index is 1.92. The Morgan fingerprint density at radius 3 is 2.85 bits per heavy atom. The third-order valence-electron chi connectivity index (χ3n) is 3.57. The number of likely N-dealkylation sites (tertiary alicyclic amines) is 1. The van der Waals surface area contributed by atoms with Gasteiger partial charge in [0.1, 0.15) is 0 Å². The van der Waals surface area contributed by atoms with Crippen LogP contribution in [0.4, 0.5) is 0 Å². The predicted molar refractivity (Wildman–Crippen MR) is 83.8 cm³/mol. The lowest BCUT2D eigenvalue weighted by Crippen LogP contribution is -2.30. The summed E-state index contributed by atoms with van der Waals surface area (Å²) in [5, 5.41) is 2.81. The minimum Gasteiger partial charge on any atom is -0.331 e. The fraction of sp³-hybridized carbons (Fsp3) is 0.267. The Morgan fingerprint density at radius 1 is 1.25 bits per heavy atom. The van der Waals surface area contributed by atoms with Crippen LogP contribution < -0.4 is 0 Å². The second-order valence-electron chi connectivity index (χ2n) is 4.77. The number of amides is 1. The van der Waals surface area contributed by atoms with Crippen LogP contribution in [0.15, 0.2) is 35.7 Å². The summed E-state index contributed by atoms with van der Waals surface area (Å²) < 4.78 is 0. The van der Waals surface area contributed by atoms with E-state index in [0.717, 1.165) is 19.4 Å². The Labute approximate surface area is 131 Å². The van der Waals surface area contributed by atoms with Crippen LogP contribution in [0, 0.1) is 0 Å². The van der Waals surface area contributed by atoms with Crippen molar-refractivity contribution in [2.24, 2.45) is 0 Å². The van der Waals surface area contributed by atoms with Gasteiger partial charge in [-0.1, -0.05) is 35.3 Å². The van der Waals surface area contributed by atoms with Crippen LogP contribution in [0.2, 0.25) is 10.0 Å². The number of thiophene rings is 1. The molecule has 1 aliphatic heterocycles. The quantitative estimate of drug-likeness (QED) is 0.758. The molecule has 3 rings (SSSR count). The summed E-state index contributed by atoms with van der Waals surface area (Å²) in [5.41, 5.74) is 0.489. The van der Waals surface area contributed by atoms with Gasteiger partial charge in [-0.3, -0.25) is 4.79 Å². The average molecular weight is 326 g/mol. The zero-order valence-corrected chi connectivity index (χ0v) is 13.0. The number of halogens is 2. The third kappa shape index (κ3) is 2.46. The first-order valence-electron chi connectivity index (χ1n) is 6.47. The van der Waals surface area contributed by atoms with Crippen LogP contribution in [-0.2, 0) is 0 Å². The van der Waals surface area contributed by atoms with Gasteiger partial charge in [-0.25, -0.2) is 0 Å². The molecule has 0 spiro atoms. The van der Waals surface area contributed by atoms with Crippen LogP contribution in [-0.4, -0.2) is 17.4 Å². The molecule has 1 aromatic carbocycles. The van der Waals surface area contributed by atoms with Gasteiger partial charge in [0.05, 0.1) is 21.7 Å². The molecule has 1 unspecified atom stereocenters. The SMILES string of the molecule is O=C(c1cccc(Cl)c1Cl)N1CCCC1c1cccs1. The van der Waals surface area contributed by atoms with Gasteiger partial charge in [-0.05, 0) is 36.4 Å². The van der Waals surface area contributed by atoms with Crippen molar-refractivity contribution in [3.63, 3.8) is 0 Å². The number of carbonyl (C=O) groups excluding carboxylic acids is 1. The van der Waals surface area contributed by atoms with Gasteiger partial charge >= 0.3 is 0 Å². The lowest BCUT2D eigenvalue weighted by molar-refractivity contribution is 0.0738. The molecule has 20 heavy (non-hydrogen) atoms. The van der Waals surface area contributed by atoms with Crippen molar-refractivity contribution < 1.29 is 4.79 Å². The van der Waals surface area contributed by atoms with E-state index < -0.39 is 0 Å². The second-order valence-corrected chi connectivity index (χ2v) is 6.54. The largest absolute Gasteiger partial charge is 0.331 e. The molecule has 104 valence electrons. The van der Waals surface area contributed by atoms with Crippen molar-refractivity contribution in [2.45, 2.75) is 18.9 Å². The molecule has 5 heteroatoms. The first-order valence-corrected chi connectivity index (χ1v) is 8.10. The molecule has 1 fully saturated rings. The van der Waals surface area contributed by atoms with Crippen LogP contribution in [0.25, 0.3) is 0 Å². The Bertz CT molecular complexity index is 627. The summed E-state index contributed by atoms with van der Waals surface area (Å²) in [5.74, 6) is -0.0339. The van der Waals surface area contributed by atoms with Crippen molar-refractivity contribution in [3.8, 4) is 0 Å². The number of benzene rings is 1. The molecule has 2 nitrogen and oxygen atoms in total. The van der Waals surface area contributed by atoms with Crippen LogP contribution in [0.5, 0.6) is 0 Å². The standard InChI is InChI=1S/C15H13Cl2NOS/c16-11-5-1-4-10(14(11)17)15(19)18-8-2-6-12(18)13-7-3-9-20-13/h1,3-5,7,9,12H,2,6,8H2. The van der Waals surface area contributed by atoms with Crippen molar-refractivity contribution >= 4 is 40.4 Å². The van der Waals surface area contributed by atoms with Gasteiger partial charge in [-0.15, -0.1) is 11.3 Å². The maximum absolute atomic E-state index is 12.7. The highest BCUT2D eigenvalue weighted by atomic mass is 35.5. The molecule has 1 saturated heterocycles. The molecule has 0 saturated carbocycles. The lowest BCUT2D eigenvalue weighted by Gasteiger charge is -2.24. The van der Waals surface area contributed by atoms with Gasteiger partial charge in [0.15, 0.2) is 0 Å². The maximum Gasteiger partial charge on any atom is 0.255 e. The van der Waals surface area contributed by atoms with Crippen LogP contribution >= 0.6 is 34.5 Å². The summed E-state index contributed by atoms with van der Waals surface area (Å²) in [6, 6.07) is 9.46. The van der Waals surface area contributed by atoms with E-state index in [-0.39, 0.29) is 11.9 Å². The summed E-state index contributed by atoms with van der Waals surface area (Å²) in [4.78, 5) is 15.8. The third-order valence-corrected chi connectivity index (χ3v) is 5.36. The van der Waals surface area contributed by atoms with Gasteiger partial charge in [0.25, 0.3) is 5.91 Å². The van der Waals surface area contributed by atoms with E-state index in [9.17, 15) is 4.79 Å². The topological polar surface area (TPSA) is 20.3 Å². The van der Waals surface area contributed by atoms with E-state index in [1.54, 1.807) is 29.5 Å². The smallest absolute Gasteiger partial charge is 0.255 e. The van der Waals surface area contributed by atoms with Crippen LogP contribution in [0.3, 0.4) is 0 Å². The predicted octanol–water partition coefficient (Wildman–Crippen LogP) is 5.03. The molecule has 2 heterocycles. The van der Waals surface area contributed by atoms with E-state index in [2.05, 4.69) is 6.07 Å². The second kappa shape index (κ2) is 5.76. The van der Waals surface area contributed by atoms with Gasteiger partial charge < -0.3 is 4.90 Å². The Morgan fingerprint density at radius 2 is 2.10 bits per heavy atom. The first kappa shape index (κ1) is 13.9. The van der Waals surface area contributed by atoms with Crippen molar-refractivity contribution in [1.29, 1.82) is 0 Å². The zero-order chi connectivity index (χ0) is 14.1. The first-order chi connectivity index (χ1) is 9.68. The molecular weight excluding hydrogens is 313 g/mol. The van der Waals surface area contributed by atoms with Crippen molar-refractivity contribution in [3.05, 3.63) is 56.2 Å². The number of hydrogen-bond donors (Lipinski definition) is 0. The maximum atomic E-state index is 12.7. The highest BCUT2D eigenvalue weighted by molar-refractivity contribution is 7.10. The fourth-order valence-electron chi connectivity index (χ4n) is 2.61. The lowest BCUT2D eigenvalue weighted by atomic mass is 10.1. The number of carbonyl (C=O) groups is 1. The monoisotopic (exact) mass is 325 g/mol. The van der Waals surface area contributed by atoms with Gasteiger partial charge in [0.2, 0.25) is 0 Å². The summed E-state index contributed by atoms with van der Waals surface area (Å²) in [7, 11) is 0. The summed E-state index contributed by atoms with van der Waals surface area (Å²) >= 11 is 13.9. The molecule has 1 amide bonds. The highest BCUT2D eigenvalue weighted by Gasteiger charge is 2.32. The molecule has 0 N–H and O–H groups in total. The number of rotatable bonds is 2. The van der Waals surface area contributed by atoms with Crippen molar-refractivity contribution in [2.75, 3.05) is 6.54 Å². The minimum atomic E-state index is -0.0339. The van der Waals surface area contributed by atoms with E-state index >= 15 is 0 Å². The highest BCUT2D eigenvalue weighted by Crippen LogP contribution is 2.37. The van der Waals surface area contributed by atoms with Gasteiger partial charge in [0, 0.05) is 11.4 Å². The van der Waals surface area contributed by atoms with Crippen LogP contribution in [0.1, 0.15) is 34.1 Å².